The summed E-state index contributed by atoms with van der Waals surface area (Å²) in [4.78, 5) is 0. The first kappa shape index (κ1) is 12.9. The van der Waals surface area contributed by atoms with Gasteiger partial charge in [0.15, 0.2) is 6.29 Å². The minimum absolute atomic E-state index is 0.389. The van der Waals surface area contributed by atoms with Crippen molar-refractivity contribution in [2.75, 3.05) is 6.61 Å². The molecule has 0 bridgehead atoms. The van der Waals surface area contributed by atoms with E-state index in [2.05, 4.69) is 0 Å². The highest BCUT2D eigenvalue weighted by Gasteiger charge is 2.48. The summed E-state index contributed by atoms with van der Waals surface area (Å²) in [6.07, 6.45) is -4.34. The quantitative estimate of drug-likeness (QED) is 0.459. The molecule has 90 valence electrons. The Morgan fingerprint density at radius 3 is 2.00 bits per heavy atom. The van der Waals surface area contributed by atoms with Crippen molar-refractivity contribution >= 4 is 0 Å². The highest BCUT2D eigenvalue weighted by Crippen LogP contribution is 2.37. The second-order valence-electron chi connectivity index (χ2n) is 5.12. The lowest BCUT2D eigenvalue weighted by Gasteiger charge is -2.45. The fourth-order valence-corrected chi connectivity index (χ4v) is 2.04. The van der Waals surface area contributed by atoms with Gasteiger partial charge >= 0.3 is 0 Å². The van der Waals surface area contributed by atoms with Crippen LogP contribution in [-0.2, 0) is 4.74 Å². The van der Waals surface area contributed by atoms with Crippen molar-refractivity contribution in [3.8, 4) is 0 Å². The summed E-state index contributed by atoms with van der Waals surface area (Å²) < 4.78 is 5.05. The van der Waals surface area contributed by atoms with Gasteiger partial charge in [0.25, 0.3) is 0 Å². The van der Waals surface area contributed by atoms with E-state index in [4.69, 9.17) is 9.84 Å². The monoisotopic (exact) mass is 220 g/mol. The molecule has 0 aromatic carbocycles. The molecule has 0 radical (unpaired) electrons. The highest BCUT2D eigenvalue weighted by atomic mass is 16.6. The smallest absolute Gasteiger partial charge is 0.161 e. The molecule has 0 amide bonds. The van der Waals surface area contributed by atoms with Crippen LogP contribution in [0.2, 0.25) is 0 Å². The molecule has 1 aliphatic heterocycles. The molecule has 1 rings (SSSR count). The molecule has 0 aromatic heterocycles. The van der Waals surface area contributed by atoms with Crippen molar-refractivity contribution in [3.63, 3.8) is 0 Å². The normalized spacial score (nSPS) is 43.0. The fraction of sp³-hybridized carbons (Fsp3) is 1.00. The average Bonchev–Trinajstić information content (AvgIpc) is 2.09. The molecule has 0 saturated carbocycles. The zero-order valence-corrected chi connectivity index (χ0v) is 9.29. The van der Waals surface area contributed by atoms with Gasteiger partial charge in [-0.15, -0.1) is 0 Å². The van der Waals surface area contributed by atoms with Crippen LogP contribution in [0.25, 0.3) is 0 Å². The topological polar surface area (TPSA) is 90.2 Å². The predicted octanol–water partition coefficient (Wildman–Crippen LogP) is -0.920. The fourth-order valence-electron chi connectivity index (χ4n) is 2.04. The molecular formula is C10H20O5. The first-order valence-corrected chi connectivity index (χ1v) is 5.09. The van der Waals surface area contributed by atoms with E-state index in [0.717, 1.165) is 0 Å². The zero-order valence-electron chi connectivity index (χ0n) is 9.29. The Morgan fingerprint density at radius 1 is 1.07 bits per heavy atom. The van der Waals surface area contributed by atoms with Gasteiger partial charge in [-0.2, -0.15) is 0 Å². The van der Waals surface area contributed by atoms with E-state index in [9.17, 15) is 15.3 Å². The SMILES string of the molecule is CC(C)(C)[C@H]1[C@H](O)[C@H](O)[C@H](CO)O[C@H]1O. The van der Waals surface area contributed by atoms with Crippen molar-refractivity contribution in [1.29, 1.82) is 0 Å². The largest absolute Gasteiger partial charge is 0.394 e. The minimum Gasteiger partial charge on any atom is -0.394 e. The first-order valence-electron chi connectivity index (χ1n) is 5.09. The van der Waals surface area contributed by atoms with E-state index >= 15 is 0 Å². The first-order chi connectivity index (χ1) is 6.79. The molecule has 1 saturated heterocycles. The molecule has 4 N–H and O–H groups in total. The van der Waals surface area contributed by atoms with Crippen LogP contribution in [-0.4, -0.2) is 51.6 Å². The lowest BCUT2D eigenvalue weighted by atomic mass is 9.73. The highest BCUT2D eigenvalue weighted by molar-refractivity contribution is 4.93. The van der Waals surface area contributed by atoms with Gasteiger partial charge in [0.05, 0.1) is 12.7 Å². The number of rotatable bonds is 1. The van der Waals surface area contributed by atoms with Crippen LogP contribution in [0.15, 0.2) is 0 Å². The van der Waals surface area contributed by atoms with Gasteiger partial charge in [0, 0.05) is 5.92 Å². The third-order valence-corrected chi connectivity index (χ3v) is 2.90. The van der Waals surface area contributed by atoms with Crippen LogP contribution in [0.4, 0.5) is 0 Å². The van der Waals surface area contributed by atoms with Gasteiger partial charge in [-0.05, 0) is 5.41 Å². The predicted molar refractivity (Wildman–Crippen MR) is 52.9 cm³/mol. The molecular weight excluding hydrogens is 200 g/mol. The maximum Gasteiger partial charge on any atom is 0.161 e. The van der Waals surface area contributed by atoms with Crippen molar-refractivity contribution in [1.82, 2.24) is 0 Å². The summed E-state index contributed by atoms with van der Waals surface area (Å²) in [6.45, 7) is 5.12. The molecule has 15 heavy (non-hydrogen) atoms. The maximum atomic E-state index is 9.84. The molecule has 1 aliphatic rings. The van der Waals surface area contributed by atoms with Crippen molar-refractivity contribution in [2.24, 2.45) is 11.3 Å². The number of aliphatic hydroxyl groups is 4. The van der Waals surface area contributed by atoms with Crippen molar-refractivity contribution in [3.05, 3.63) is 0 Å². The molecule has 1 heterocycles. The second-order valence-corrected chi connectivity index (χ2v) is 5.12. The molecule has 5 heteroatoms. The Bertz CT molecular complexity index is 212. The van der Waals surface area contributed by atoms with Crippen molar-refractivity contribution in [2.45, 2.75) is 45.4 Å². The maximum absolute atomic E-state index is 9.84. The van der Waals surface area contributed by atoms with Crippen LogP contribution in [0.1, 0.15) is 20.8 Å². The van der Waals surface area contributed by atoms with Crippen molar-refractivity contribution < 1.29 is 25.2 Å². The van der Waals surface area contributed by atoms with Gasteiger partial charge in [-0.25, -0.2) is 0 Å². The molecule has 1 fully saturated rings. The summed E-state index contributed by atoms with van der Waals surface area (Å²) in [5, 5.41) is 38.1. The van der Waals surface area contributed by atoms with Crippen LogP contribution in [0, 0.1) is 11.3 Å². The lowest BCUT2D eigenvalue weighted by Crippen LogP contribution is -2.58. The summed E-state index contributed by atoms with van der Waals surface area (Å²) in [6, 6.07) is 0. The van der Waals surface area contributed by atoms with Crippen LogP contribution in [0.3, 0.4) is 0 Å². The number of hydrogen-bond donors (Lipinski definition) is 4. The van der Waals surface area contributed by atoms with Gasteiger partial charge in [0.2, 0.25) is 0 Å². The Balaban J connectivity index is 2.84. The van der Waals surface area contributed by atoms with E-state index < -0.39 is 37.1 Å². The van der Waals surface area contributed by atoms with Crippen LogP contribution < -0.4 is 0 Å². The molecule has 0 aliphatic carbocycles. The standard InChI is InChI=1S/C10H20O5/c1-10(2,3)6-8(13)7(12)5(4-11)15-9(6)14/h5-9,11-14H,4H2,1-3H3/t5-,6-,7+,8-,9+/m0/s1. The molecule has 0 aromatic rings. The molecule has 0 spiro atoms. The summed E-state index contributed by atoms with van der Waals surface area (Å²) in [7, 11) is 0. The van der Waals surface area contributed by atoms with Gasteiger partial charge in [-0.3, -0.25) is 0 Å². The van der Waals surface area contributed by atoms with E-state index in [1.54, 1.807) is 0 Å². The third-order valence-electron chi connectivity index (χ3n) is 2.90. The lowest BCUT2D eigenvalue weighted by molar-refractivity contribution is -0.286. The Kier molecular flexibility index (Phi) is 3.73. The molecule has 0 unspecified atom stereocenters. The number of ether oxygens (including phenoxy) is 1. The van der Waals surface area contributed by atoms with E-state index in [1.165, 1.54) is 0 Å². The minimum atomic E-state index is -1.17. The Hall–Kier alpha value is -0.200. The van der Waals surface area contributed by atoms with Crippen LogP contribution >= 0.6 is 0 Å². The zero-order chi connectivity index (χ0) is 11.8. The van der Waals surface area contributed by atoms with Crippen LogP contribution in [0.5, 0.6) is 0 Å². The molecule has 5 atom stereocenters. The summed E-state index contributed by atoms with van der Waals surface area (Å²) in [5.74, 6) is -0.574. The summed E-state index contributed by atoms with van der Waals surface area (Å²) >= 11 is 0. The van der Waals surface area contributed by atoms with E-state index in [1.807, 2.05) is 20.8 Å². The van der Waals surface area contributed by atoms with E-state index in [0.29, 0.717) is 0 Å². The number of hydrogen-bond acceptors (Lipinski definition) is 5. The Labute approximate surface area is 89.3 Å². The second kappa shape index (κ2) is 4.35. The number of aliphatic hydroxyl groups excluding tert-OH is 4. The van der Waals surface area contributed by atoms with E-state index in [-0.39, 0.29) is 5.41 Å². The van der Waals surface area contributed by atoms with Gasteiger partial charge in [-0.1, -0.05) is 20.8 Å². The third kappa shape index (κ3) is 2.49. The Morgan fingerprint density at radius 2 is 1.60 bits per heavy atom. The average molecular weight is 220 g/mol. The summed E-state index contributed by atoms with van der Waals surface area (Å²) in [5.41, 5.74) is -0.389. The van der Waals surface area contributed by atoms with Gasteiger partial charge < -0.3 is 25.2 Å². The van der Waals surface area contributed by atoms with Gasteiger partial charge in [0.1, 0.15) is 12.2 Å². The molecule has 5 nitrogen and oxygen atoms in total.